The molecule has 5 nitrogen and oxygen atoms in total. The lowest BCUT2D eigenvalue weighted by molar-refractivity contribution is -0.137. The smallest absolute Gasteiger partial charge is 0.323 e. The van der Waals surface area contributed by atoms with Gasteiger partial charge in [0.25, 0.3) is 5.91 Å². The lowest BCUT2D eigenvalue weighted by Crippen LogP contribution is -2.32. The van der Waals surface area contributed by atoms with Crippen molar-refractivity contribution >= 4 is 11.9 Å². The van der Waals surface area contributed by atoms with Gasteiger partial charge in [0.2, 0.25) is 0 Å². The van der Waals surface area contributed by atoms with Crippen LogP contribution in [0.5, 0.6) is 0 Å². The van der Waals surface area contributed by atoms with E-state index in [0.717, 1.165) is 12.1 Å². The molecule has 2 rings (SSSR count). The molecule has 0 aliphatic rings. The first-order chi connectivity index (χ1) is 11.5. The normalized spacial score (nSPS) is 10.6. The van der Waals surface area contributed by atoms with Crippen LogP contribution in [0.3, 0.4) is 0 Å². The number of amides is 1. The summed E-state index contributed by atoms with van der Waals surface area (Å²) in [6, 6.07) is 17.5. The van der Waals surface area contributed by atoms with Gasteiger partial charge in [-0.2, -0.15) is 0 Å². The summed E-state index contributed by atoms with van der Waals surface area (Å²) in [6.07, 6.45) is 0. The minimum atomic E-state index is -1.02. The third-order valence-electron chi connectivity index (χ3n) is 3.64. The Morgan fingerprint density at radius 1 is 0.917 bits per heavy atom. The van der Waals surface area contributed by atoms with Gasteiger partial charge < -0.3 is 10.0 Å². The fraction of sp³-hybridized carbons (Fsp3) is 0.263. The Balaban J connectivity index is 2.02. The van der Waals surface area contributed by atoms with Gasteiger partial charge in [0.1, 0.15) is 6.54 Å². The standard InChI is InChI=1S/C19H22N2O3/c1-20(12-15-7-4-3-5-8-15)13-16-9-6-10-17(11-16)19(24)21(2)14-18(22)23/h3-11H,12-14H2,1-2H3,(H,22,23). The van der Waals surface area contributed by atoms with Gasteiger partial charge >= 0.3 is 5.97 Å². The van der Waals surface area contributed by atoms with E-state index in [2.05, 4.69) is 17.0 Å². The molecule has 2 aromatic carbocycles. The van der Waals surface area contributed by atoms with Gasteiger partial charge in [-0.15, -0.1) is 0 Å². The molecule has 1 amide bonds. The van der Waals surface area contributed by atoms with Crippen molar-refractivity contribution in [2.75, 3.05) is 20.6 Å². The Morgan fingerprint density at radius 3 is 2.21 bits per heavy atom. The van der Waals surface area contributed by atoms with Crippen LogP contribution >= 0.6 is 0 Å². The molecule has 0 fully saturated rings. The Hall–Kier alpha value is -2.66. The Bertz CT molecular complexity index is 701. The van der Waals surface area contributed by atoms with Gasteiger partial charge in [-0.05, 0) is 30.3 Å². The number of carboxylic acid groups (broad SMARTS) is 1. The van der Waals surface area contributed by atoms with Crippen LogP contribution in [0.4, 0.5) is 0 Å². The minimum absolute atomic E-state index is 0.287. The Kier molecular flexibility index (Phi) is 6.09. The second-order valence-electron chi connectivity index (χ2n) is 5.91. The van der Waals surface area contributed by atoms with Crippen LogP contribution in [-0.4, -0.2) is 47.4 Å². The largest absolute Gasteiger partial charge is 0.480 e. The van der Waals surface area contributed by atoms with Crippen molar-refractivity contribution in [2.24, 2.45) is 0 Å². The number of nitrogens with zero attached hydrogens (tertiary/aromatic N) is 2. The number of hydrogen-bond acceptors (Lipinski definition) is 3. The molecule has 1 N–H and O–H groups in total. The quantitative estimate of drug-likeness (QED) is 0.849. The summed E-state index contributed by atoms with van der Waals surface area (Å²) in [4.78, 5) is 26.4. The first-order valence-corrected chi connectivity index (χ1v) is 7.74. The van der Waals surface area contributed by atoms with Crippen LogP contribution in [0.1, 0.15) is 21.5 Å². The number of carbonyl (C=O) groups excluding carboxylic acids is 1. The summed E-state index contributed by atoms with van der Waals surface area (Å²) in [5, 5.41) is 8.79. The van der Waals surface area contributed by atoms with Crippen LogP contribution in [0.15, 0.2) is 54.6 Å². The van der Waals surface area contributed by atoms with Gasteiger partial charge in [-0.3, -0.25) is 14.5 Å². The van der Waals surface area contributed by atoms with Crippen molar-refractivity contribution in [3.63, 3.8) is 0 Å². The van der Waals surface area contributed by atoms with E-state index < -0.39 is 5.97 Å². The second-order valence-corrected chi connectivity index (χ2v) is 5.91. The van der Waals surface area contributed by atoms with E-state index in [4.69, 9.17) is 5.11 Å². The maximum absolute atomic E-state index is 12.3. The molecule has 126 valence electrons. The molecule has 0 aromatic heterocycles. The van der Waals surface area contributed by atoms with E-state index in [9.17, 15) is 9.59 Å². The van der Waals surface area contributed by atoms with Crippen molar-refractivity contribution in [2.45, 2.75) is 13.1 Å². The van der Waals surface area contributed by atoms with Gasteiger partial charge in [0.05, 0.1) is 0 Å². The van der Waals surface area contributed by atoms with E-state index in [1.807, 2.05) is 43.4 Å². The summed E-state index contributed by atoms with van der Waals surface area (Å²) in [5.41, 5.74) is 2.75. The van der Waals surface area contributed by atoms with Crippen LogP contribution in [-0.2, 0) is 17.9 Å². The van der Waals surface area contributed by atoms with Gasteiger partial charge in [0, 0.05) is 25.7 Å². The first kappa shape index (κ1) is 17.7. The monoisotopic (exact) mass is 326 g/mol. The second kappa shape index (κ2) is 8.26. The van der Waals surface area contributed by atoms with Crippen molar-refractivity contribution in [3.05, 3.63) is 71.3 Å². The molecule has 0 radical (unpaired) electrons. The zero-order valence-corrected chi connectivity index (χ0v) is 14.0. The molecule has 2 aromatic rings. The molecule has 0 aliphatic heterocycles. The van der Waals surface area contributed by atoms with Gasteiger partial charge in [0.15, 0.2) is 0 Å². The maximum atomic E-state index is 12.3. The number of carbonyl (C=O) groups is 2. The maximum Gasteiger partial charge on any atom is 0.323 e. The Morgan fingerprint density at radius 2 is 1.54 bits per heavy atom. The summed E-state index contributed by atoms with van der Waals surface area (Å²) in [6.45, 7) is 1.22. The lowest BCUT2D eigenvalue weighted by atomic mass is 10.1. The summed E-state index contributed by atoms with van der Waals surface area (Å²) in [7, 11) is 3.52. The minimum Gasteiger partial charge on any atom is -0.480 e. The van der Waals surface area contributed by atoms with E-state index >= 15 is 0 Å². The number of benzene rings is 2. The first-order valence-electron chi connectivity index (χ1n) is 7.74. The SMILES string of the molecule is CN(Cc1ccccc1)Cc1cccc(C(=O)N(C)CC(=O)O)c1. The molecule has 24 heavy (non-hydrogen) atoms. The number of aliphatic carboxylic acids is 1. The van der Waals surface area contributed by atoms with Crippen molar-refractivity contribution < 1.29 is 14.7 Å². The average molecular weight is 326 g/mol. The molecular formula is C19H22N2O3. The summed E-state index contributed by atoms with van der Waals surface area (Å²) < 4.78 is 0. The zero-order chi connectivity index (χ0) is 17.5. The third-order valence-corrected chi connectivity index (χ3v) is 3.64. The molecule has 5 heteroatoms. The number of rotatable bonds is 7. The molecule has 0 heterocycles. The number of carboxylic acids is 1. The fourth-order valence-corrected chi connectivity index (χ4v) is 2.56. The molecule has 0 atom stereocenters. The van der Waals surface area contributed by atoms with E-state index in [0.29, 0.717) is 12.1 Å². The average Bonchev–Trinajstić information content (AvgIpc) is 2.54. The fourth-order valence-electron chi connectivity index (χ4n) is 2.56. The summed E-state index contributed by atoms with van der Waals surface area (Å²) >= 11 is 0. The molecule has 0 saturated heterocycles. The van der Waals surface area contributed by atoms with Crippen LogP contribution < -0.4 is 0 Å². The topological polar surface area (TPSA) is 60.9 Å². The highest BCUT2D eigenvalue weighted by molar-refractivity contribution is 5.95. The molecule has 0 bridgehead atoms. The summed E-state index contributed by atoms with van der Waals surface area (Å²) in [5.74, 6) is -1.31. The predicted molar refractivity (Wildman–Crippen MR) is 92.7 cm³/mol. The highest BCUT2D eigenvalue weighted by atomic mass is 16.4. The van der Waals surface area contributed by atoms with Crippen LogP contribution in [0.25, 0.3) is 0 Å². The van der Waals surface area contributed by atoms with E-state index in [-0.39, 0.29) is 12.5 Å². The van der Waals surface area contributed by atoms with Crippen LogP contribution in [0, 0.1) is 0 Å². The van der Waals surface area contributed by atoms with Gasteiger partial charge in [-0.25, -0.2) is 0 Å². The van der Waals surface area contributed by atoms with Crippen molar-refractivity contribution in [3.8, 4) is 0 Å². The predicted octanol–water partition coefficient (Wildman–Crippen LogP) is 2.48. The molecule has 0 spiro atoms. The van der Waals surface area contributed by atoms with E-state index in [1.54, 1.807) is 6.07 Å². The lowest BCUT2D eigenvalue weighted by Gasteiger charge is -2.18. The number of hydrogen-bond donors (Lipinski definition) is 1. The molecule has 0 saturated carbocycles. The number of likely N-dealkylation sites (N-methyl/N-ethyl adjacent to an activating group) is 1. The molecule has 0 aliphatic carbocycles. The zero-order valence-electron chi connectivity index (χ0n) is 14.0. The highest BCUT2D eigenvalue weighted by Crippen LogP contribution is 2.12. The van der Waals surface area contributed by atoms with Gasteiger partial charge in [-0.1, -0.05) is 42.5 Å². The van der Waals surface area contributed by atoms with Crippen molar-refractivity contribution in [1.29, 1.82) is 0 Å². The molecule has 0 unspecified atom stereocenters. The van der Waals surface area contributed by atoms with Crippen LogP contribution in [0.2, 0.25) is 0 Å². The van der Waals surface area contributed by atoms with E-state index in [1.165, 1.54) is 17.5 Å². The Labute approximate surface area is 142 Å². The third kappa shape index (κ3) is 5.21. The molecular weight excluding hydrogens is 304 g/mol. The highest BCUT2D eigenvalue weighted by Gasteiger charge is 2.14. The van der Waals surface area contributed by atoms with Crippen molar-refractivity contribution in [1.82, 2.24) is 9.80 Å².